The largest absolute Gasteiger partial charge is 0.494 e. The van der Waals surface area contributed by atoms with Crippen LogP contribution in [0.25, 0.3) is 22.6 Å². The molecule has 35 heavy (non-hydrogen) atoms. The molecule has 0 radical (unpaired) electrons. The first-order chi connectivity index (χ1) is 17.3. The third-order valence-corrected chi connectivity index (χ3v) is 6.14. The summed E-state index contributed by atoms with van der Waals surface area (Å²) in [4.78, 5) is 0. The van der Waals surface area contributed by atoms with Crippen LogP contribution in [0, 0.1) is 0 Å². The van der Waals surface area contributed by atoms with Gasteiger partial charge in [0, 0.05) is 17.2 Å². The van der Waals surface area contributed by atoms with E-state index in [0.29, 0.717) is 0 Å². The number of allylic oxidation sites excluding steroid dienone is 1. The molecular weight excluding hydrogens is 434 g/mol. The molecule has 1 heterocycles. The number of benzene rings is 2. The van der Waals surface area contributed by atoms with Crippen molar-refractivity contribution in [2.45, 2.75) is 77.6 Å². The fourth-order valence-corrected chi connectivity index (χ4v) is 3.99. The molecule has 0 bridgehead atoms. The van der Waals surface area contributed by atoms with Gasteiger partial charge in [-0.1, -0.05) is 63.1 Å². The summed E-state index contributed by atoms with van der Waals surface area (Å²) < 4.78 is 17.3. The van der Waals surface area contributed by atoms with Crippen molar-refractivity contribution >= 4 is 0 Å². The Morgan fingerprint density at radius 2 is 1.26 bits per heavy atom. The van der Waals surface area contributed by atoms with E-state index in [-0.39, 0.29) is 0 Å². The van der Waals surface area contributed by atoms with Crippen molar-refractivity contribution in [3.63, 3.8) is 0 Å². The van der Waals surface area contributed by atoms with E-state index in [1.54, 1.807) is 0 Å². The lowest BCUT2D eigenvalue weighted by molar-refractivity contribution is 0.304. The summed E-state index contributed by atoms with van der Waals surface area (Å²) in [7, 11) is 0. The molecule has 0 saturated heterocycles. The van der Waals surface area contributed by atoms with Gasteiger partial charge in [0.15, 0.2) is 5.76 Å². The predicted octanol–water partition coefficient (Wildman–Crippen LogP) is 9.26. The summed E-state index contributed by atoms with van der Waals surface area (Å²) in [5.74, 6) is 2.52. The third-order valence-electron chi connectivity index (χ3n) is 6.14. The van der Waals surface area contributed by atoms with E-state index >= 15 is 0 Å². The highest BCUT2D eigenvalue weighted by molar-refractivity contribution is 5.67. The van der Waals surface area contributed by atoms with Crippen molar-refractivity contribution in [1.29, 1.82) is 0 Å². The van der Waals surface area contributed by atoms with Gasteiger partial charge in [-0.25, -0.2) is 0 Å². The van der Waals surface area contributed by atoms with Gasteiger partial charge in [-0.3, -0.25) is 0 Å². The minimum absolute atomic E-state index is 0.722. The summed E-state index contributed by atoms with van der Waals surface area (Å²) in [6, 6.07) is 18.0. The van der Waals surface area contributed by atoms with Gasteiger partial charge in [0.1, 0.15) is 17.2 Å². The Morgan fingerprint density at radius 3 is 1.86 bits per heavy atom. The quantitative estimate of drug-likeness (QED) is 0.136. The van der Waals surface area contributed by atoms with Gasteiger partial charge in [0.05, 0.1) is 13.2 Å². The second-order valence-electron chi connectivity index (χ2n) is 9.08. The molecule has 0 fully saturated rings. The maximum absolute atomic E-state index is 5.91. The molecule has 1 aromatic heterocycles. The number of aromatic nitrogens is 1. The summed E-state index contributed by atoms with van der Waals surface area (Å²) in [6.07, 6.45) is 15.6. The second-order valence-corrected chi connectivity index (χ2v) is 9.08. The van der Waals surface area contributed by atoms with Crippen LogP contribution >= 0.6 is 0 Å². The number of hydrogen-bond acceptors (Lipinski definition) is 4. The zero-order valence-electron chi connectivity index (χ0n) is 21.3. The monoisotopic (exact) mass is 475 g/mol. The molecule has 0 atom stereocenters. The first-order valence-electron chi connectivity index (χ1n) is 13.3. The van der Waals surface area contributed by atoms with Crippen molar-refractivity contribution in [3.8, 4) is 34.1 Å². The van der Waals surface area contributed by atoms with Crippen LogP contribution in [0.1, 0.15) is 77.6 Å². The molecule has 0 aliphatic heterocycles. The zero-order chi connectivity index (χ0) is 24.6. The predicted molar refractivity (Wildman–Crippen MR) is 145 cm³/mol. The van der Waals surface area contributed by atoms with E-state index in [1.165, 1.54) is 44.9 Å². The van der Waals surface area contributed by atoms with E-state index in [0.717, 1.165) is 73.0 Å². The number of unbranched alkanes of at least 4 members (excludes halogenated alkanes) is 9. The normalized spacial score (nSPS) is 10.9. The molecule has 0 spiro atoms. The van der Waals surface area contributed by atoms with E-state index in [2.05, 4.69) is 18.7 Å². The highest BCUT2D eigenvalue weighted by atomic mass is 16.5. The number of ether oxygens (including phenoxy) is 2. The first kappa shape index (κ1) is 26.6. The Labute approximate surface area is 211 Å². The average molecular weight is 476 g/mol. The molecule has 0 aliphatic rings. The van der Waals surface area contributed by atoms with Crippen molar-refractivity contribution < 1.29 is 14.0 Å². The van der Waals surface area contributed by atoms with Gasteiger partial charge >= 0.3 is 0 Å². The van der Waals surface area contributed by atoms with Crippen LogP contribution < -0.4 is 9.47 Å². The van der Waals surface area contributed by atoms with Crippen LogP contribution in [-0.2, 0) is 0 Å². The van der Waals surface area contributed by atoms with Crippen molar-refractivity contribution in [3.05, 3.63) is 67.3 Å². The van der Waals surface area contributed by atoms with Crippen molar-refractivity contribution in [2.75, 3.05) is 13.2 Å². The van der Waals surface area contributed by atoms with E-state index in [1.807, 2.05) is 60.7 Å². The molecule has 0 saturated carbocycles. The minimum atomic E-state index is 0.722. The van der Waals surface area contributed by atoms with Gasteiger partial charge in [0.2, 0.25) is 0 Å². The highest BCUT2D eigenvalue weighted by Crippen LogP contribution is 2.28. The Hall–Kier alpha value is -3.01. The van der Waals surface area contributed by atoms with E-state index < -0.39 is 0 Å². The average Bonchev–Trinajstić information content (AvgIpc) is 3.39. The van der Waals surface area contributed by atoms with Crippen LogP contribution in [0.3, 0.4) is 0 Å². The first-order valence-corrected chi connectivity index (χ1v) is 13.3. The topological polar surface area (TPSA) is 44.5 Å². The second kappa shape index (κ2) is 15.8. The lowest BCUT2D eigenvalue weighted by Gasteiger charge is -2.06. The van der Waals surface area contributed by atoms with Gasteiger partial charge in [-0.05, 0) is 74.2 Å². The molecule has 3 aromatic rings. The van der Waals surface area contributed by atoms with Gasteiger partial charge in [-0.15, -0.1) is 6.58 Å². The SMILES string of the molecule is C=CCCCCOc1ccc(-c2cc(-c3ccc(OCCCCCCCCCC)cc3)on2)cc1. The number of nitrogens with zero attached hydrogens (tertiary/aromatic N) is 1. The third kappa shape index (κ3) is 9.64. The number of rotatable bonds is 18. The molecular formula is C31H41NO3. The molecule has 4 nitrogen and oxygen atoms in total. The van der Waals surface area contributed by atoms with Crippen molar-refractivity contribution in [2.24, 2.45) is 0 Å². The molecule has 0 N–H and O–H groups in total. The fraction of sp³-hybridized carbons (Fsp3) is 0.452. The standard InChI is InChI=1S/C31H41NO3/c1-3-5-7-9-10-11-12-14-24-34-29-21-17-27(18-22-29)31-25-30(32-35-31)26-15-19-28(20-16-26)33-23-13-8-6-4-2/h4,15-22,25H,2-3,5-14,23-24H2,1H3. The van der Waals surface area contributed by atoms with Gasteiger partial charge in [-0.2, -0.15) is 0 Å². The summed E-state index contributed by atoms with van der Waals surface area (Å²) in [5.41, 5.74) is 2.81. The zero-order valence-corrected chi connectivity index (χ0v) is 21.3. The maximum atomic E-state index is 5.91. The van der Waals surface area contributed by atoms with E-state index in [9.17, 15) is 0 Å². The smallest absolute Gasteiger partial charge is 0.167 e. The summed E-state index contributed by atoms with van der Waals surface area (Å²) >= 11 is 0. The molecule has 0 amide bonds. The lowest BCUT2D eigenvalue weighted by atomic mass is 10.1. The van der Waals surface area contributed by atoms with Crippen molar-refractivity contribution in [1.82, 2.24) is 5.16 Å². The molecule has 3 rings (SSSR count). The Morgan fingerprint density at radius 1 is 0.714 bits per heavy atom. The van der Waals surface area contributed by atoms with Gasteiger partial charge in [0.25, 0.3) is 0 Å². The Bertz CT molecular complexity index is 960. The fourth-order valence-electron chi connectivity index (χ4n) is 3.99. The molecule has 0 aliphatic carbocycles. The van der Waals surface area contributed by atoms with Crippen LogP contribution in [0.4, 0.5) is 0 Å². The minimum Gasteiger partial charge on any atom is -0.494 e. The van der Waals surface area contributed by atoms with Crippen LogP contribution in [0.2, 0.25) is 0 Å². The van der Waals surface area contributed by atoms with E-state index in [4.69, 9.17) is 14.0 Å². The molecule has 2 aromatic carbocycles. The maximum Gasteiger partial charge on any atom is 0.167 e. The molecule has 188 valence electrons. The van der Waals surface area contributed by atoms with Crippen LogP contribution in [-0.4, -0.2) is 18.4 Å². The van der Waals surface area contributed by atoms with Crippen LogP contribution in [0.5, 0.6) is 11.5 Å². The lowest BCUT2D eigenvalue weighted by Crippen LogP contribution is -1.97. The van der Waals surface area contributed by atoms with Crippen LogP contribution in [0.15, 0.2) is 71.8 Å². The summed E-state index contributed by atoms with van der Waals surface area (Å²) in [5, 5.41) is 4.26. The Balaban J connectivity index is 1.40. The highest BCUT2D eigenvalue weighted by Gasteiger charge is 2.09. The number of hydrogen-bond donors (Lipinski definition) is 0. The molecule has 0 unspecified atom stereocenters. The van der Waals surface area contributed by atoms with Gasteiger partial charge < -0.3 is 14.0 Å². The Kier molecular flexibility index (Phi) is 12.0. The summed E-state index contributed by atoms with van der Waals surface area (Å²) in [6.45, 7) is 7.50. The molecule has 4 heteroatoms.